The average Bonchev–Trinajstić information content (AvgIpc) is 2.59. The molecule has 5 nitrogen and oxygen atoms in total. The summed E-state index contributed by atoms with van der Waals surface area (Å²) in [6.07, 6.45) is 1.02. The van der Waals surface area contributed by atoms with Crippen LogP contribution in [0.5, 0.6) is 0 Å². The fourth-order valence-electron chi connectivity index (χ4n) is 2.41. The molecule has 26 heavy (non-hydrogen) atoms. The fraction of sp³-hybridized carbons (Fsp3) is 0.278. The van der Waals surface area contributed by atoms with E-state index < -0.39 is 15.9 Å². The second kappa shape index (κ2) is 8.75. The first-order chi connectivity index (χ1) is 12.2. The van der Waals surface area contributed by atoms with E-state index in [2.05, 4.69) is 5.32 Å². The van der Waals surface area contributed by atoms with Crippen LogP contribution < -0.4 is 9.62 Å². The summed E-state index contributed by atoms with van der Waals surface area (Å²) in [5.41, 5.74) is 1.26. The summed E-state index contributed by atoms with van der Waals surface area (Å²) in [4.78, 5) is 12.3. The Labute approximate surface area is 164 Å². The summed E-state index contributed by atoms with van der Waals surface area (Å²) in [6.45, 7) is 2.00. The Kier molecular flexibility index (Phi) is 6.92. The largest absolute Gasteiger partial charge is 0.354 e. The van der Waals surface area contributed by atoms with Gasteiger partial charge in [0, 0.05) is 11.6 Å². The smallest absolute Gasteiger partial charge is 0.240 e. The number of nitrogens with zero attached hydrogens (tertiary/aromatic N) is 1. The van der Waals surface area contributed by atoms with Crippen molar-refractivity contribution in [2.45, 2.75) is 12.8 Å². The molecule has 0 fully saturated rings. The lowest BCUT2D eigenvalue weighted by Gasteiger charge is -2.23. The third-order valence-electron chi connectivity index (χ3n) is 3.84. The van der Waals surface area contributed by atoms with Crippen molar-refractivity contribution in [1.82, 2.24) is 5.32 Å². The van der Waals surface area contributed by atoms with Crippen molar-refractivity contribution in [1.29, 1.82) is 0 Å². The molecule has 1 N–H and O–H groups in total. The van der Waals surface area contributed by atoms with E-state index in [4.69, 9.17) is 23.2 Å². The Morgan fingerprint density at radius 3 is 2.42 bits per heavy atom. The zero-order valence-electron chi connectivity index (χ0n) is 14.4. The second-order valence-electron chi connectivity index (χ2n) is 5.98. The van der Waals surface area contributed by atoms with Gasteiger partial charge in [-0.2, -0.15) is 0 Å². The minimum Gasteiger partial charge on any atom is -0.354 e. The van der Waals surface area contributed by atoms with Gasteiger partial charge < -0.3 is 5.32 Å². The van der Waals surface area contributed by atoms with Gasteiger partial charge in [0.05, 0.1) is 17.0 Å². The Bertz CT molecular complexity index is 873. The third-order valence-corrected chi connectivity index (χ3v) is 5.52. The maximum absolute atomic E-state index is 12.3. The van der Waals surface area contributed by atoms with Crippen LogP contribution in [0.2, 0.25) is 10.0 Å². The summed E-state index contributed by atoms with van der Waals surface area (Å²) in [7, 11) is -3.71. The molecule has 0 aromatic heterocycles. The molecule has 0 saturated carbocycles. The number of hydrogen-bond acceptors (Lipinski definition) is 3. The normalized spacial score (nSPS) is 12.5. The van der Waals surface area contributed by atoms with Crippen LogP contribution in [0.3, 0.4) is 0 Å². The van der Waals surface area contributed by atoms with Gasteiger partial charge in [-0.3, -0.25) is 9.10 Å². The monoisotopic (exact) mass is 414 g/mol. The Hall–Kier alpha value is -1.76. The van der Waals surface area contributed by atoms with Crippen molar-refractivity contribution < 1.29 is 13.2 Å². The van der Waals surface area contributed by atoms with E-state index in [1.54, 1.807) is 6.07 Å². The van der Waals surface area contributed by atoms with Crippen molar-refractivity contribution in [3.63, 3.8) is 0 Å². The molecule has 8 heteroatoms. The van der Waals surface area contributed by atoms with Gasteiger partial charge in [0.15, 0.2) is 0 Å². The van der Waals surface area contributed by atoms with E-state index in [-0.39, 0.29) is 23.2 Å². The standard InChI is InChI=1S/C18H20Cl2N2O3S/c1-13(14-6-4-3-5-7-14)11-21-18(23)12-22(26(2,24)25)17-10-15(19)8-9-16(17)20/h3-10,13H,11-12H2,1-2H3,(H,21,23)/t13-/m0/s1. The number of hydrogen-bond donors (Lipinski definition) is 1. The molecule has 2 aromatic rings. The molecule has 2 rings (SSSR count). The van der Waals surface area contributed by atoms with Crippen LogP contribution in [0.15, 0.2) is 48.5 Å². The maximum atomic E-state index is 12.3. The first-order valence-corrected chi connectivity index (χ1v) is 10.5. The number of nitrogens with one attached hydrogen (secondary N) is 1. The molecule has 0 aliphatic heterocycles. The van der Waals surface area contributed by atoms with Crippen LogP contribution in [0.1, 0.15) is 18.4 Å². The van der Waals surface area contributed by atoms with Gasteiger partial charge in [0.25, 0.3) is 0 Å². The number of sulfonamides is 1. The summed E-state index contributed by atoms with van der Waals surface area (Å²) in [5, 5.41) is 3.30. The molecule has 140 valence electrons. The maximum Gasteiger partial charge on any atom is 0.240 e. The van der Waals surface area contributed by atoms with Gasteiger partial charge in [-0.25, -0.2) is 8.42 Å². The van der Waals surface area contributed by atoms with Gasteiger partial charge in [-0.15, -0.1) is 0 Å². The van der Waals surface area contributed by atoms with Crippen LogP contribution in [0.25, 0.3) is 0 Å². The highest BCUT2D eigenvalue weighted by Gasteiger charge is 2.23. The van der Waals surface area contributed by atoms with Crippen LogP contribution in [-0.4, -0.2) is 33.7 Å². The van der Waals surface area contributed by atoms with E-state index in [9.17, 15) is 13.2 Å². The lowest BCUT2D eigenvalue weighted by atomic mass is 10.0. The molecule has 0 spiro atoms. The van der Waals surface area contributed by atoms with E-state index in [0.29, 0.717) is 11.6 Å². The minimum atomic E-state index is -3.71. The highest BCUT2D eigenvalue weighted by molar-refractivity contribution is 7.92. The molecule has 1 atom stereocenters. The lowest BCUT2D eigenvalue weighted by molar-refractivity contribution is -0.119. The van der Waals surface area contributed by atoms with Crippen molar-refractivity contribution in [2.75, 3.05) is 23.7 Å². The van der Waals surface area contributed by atoms with E-state index >= 15 is 0 Å². The average molecular weight is 415 g/mol. The molecule has 0 bridgehead atoms. The molecule has 0 heterocycles. The summed E-state index contributed by atoms with van der Waals surface area (Å²) in [6, 6.07) is 14.2. The topological polar surface area (TPSA) is 66.5 Å². The van der Waals surface area contributed by atoms with Crippen LogP contribution in [-0.2, 0) is 14.8 Å². The van der Waals surface area contributed by atoms with E-state index in [1.165, 1.54) is 12.1 Å². The second-order valence-corrected chi connectivity index (χ2v) is 8.73. The van der Waals surface area contributed by atoms with Crippen LogP contribution in [0, 0.1) is 0 Å². The molecular weight excluding hydrogens is 395 g/mol. The Balaban J connectivity index is 2.09. The SMILES string of the molecule is C[C@@H](CNC(=O)CN(c1cc(Cl)ccc1Cl)S(C)(=O)=O)c1ccccc1. The first-order valence-electron chi connectivity index (χ1n) is 7.93. The molecule has 0 radical (unpaired) electrons. The zero-order chi connectivity index (χ0) is 19.3. The molecule has 0 aliphatic rings. The Morgan fingerprint density at radius 2 is 1.81 bits per heavy atom. The number of benzene rings is 2. The summed E-state index contributed by atoms with van der Waals surface area (Å²) in [5.74, 6) is -0.323. The number of halogens is 2. The Morgan fingerprint density at radius 1 is 1.15 bits per heavy atom. The lowest BCUT2D eigenvalue weighted by Crippen LogP contribution is -2.41. The fourth-order valence-corrected chi connectivity index (χ4v) is 3.71. The van der Waals surface area contributed by atoms with Crippen molar-refractivity contribution in [3.8, 4) is 0 Å². The summed E-state index contributed by atoms with van der Waals surface area (Å²) < 4.78 is 25.2. The minimum absolute atomic E-state index is 0.0987. The highest BCUT2D eigenvalue weighted by atomic mass is 35.5. The third kappa shape index (κ3) is 5.62. The van der Waals surface area contributed by atoms with Gasteiger partial charge in [-0.1, -0.05) is 60.5 Å². The van der Waals surface area contributed by atoms with Gasteiger partial charge in [0.2, 0.25) is 15.9 Å². The predicted molar refractivity (Wildman–Crippen MR) is 107 cm³/mol. The van der Waals surface area contributed by atoms with Gasteiger partial charge in [0.1, 0.15) is 6.54 Å². The highest BCUT2D eigenvalue weighted by Crippen LogP contribution is 2.30. The number of carbonyl (C=O) groups excluding carboxylic acids is 1. The summed E-state index contributed by atoms with van der Waals surface area (Å²) >= 11 is 12.0. The number of amides is 1. The predicted octanol–water partition coefficient (Wildman–Crippen LogP) is 3.68. The molecular formula is C18H20Cl2N2O3S. The van der Waals surface area contributed by atoms with Crippen molar-refractivity contribution >= 4 is 44.8 Å². The number of rotatable bonds is 7. The van der Waals surface area contributed by atoms with Crippen LogP contribution >= 0.6 is 23.2 Å². The van der Waals surface area contributed by atoms with Gasteiger partial charge in [-0.05, 0) is 29.7 Å². The molecule has 2 aromatic carbocycles. The van der Waals surface area contributed by atoms with Crippen molar-refractivity contribution in [2.24, 2.45) is 0 Å². The number of anilines is 1. The molecule has 0 aliphatic carbocycles. The first kappa shape index (κ1) is 20.6. The van der Waals surface area contributed by atoms with E-state index in [0.717, 1.165) is 16.1 Å². The molecule has 1 amide bonds. The van der Waals surface area contributed by atoms with E-state index in [1.807, 2.05) is 37.3 Å². The zero-order valence-corrected chi connectivity index (χ0v) is 16.8. The van der Waals surface area contributed by atoms with Crippen LogP contribution in [0.4, 0.5) is 5.69 Å². The van der Waals surface area contributed by atoms with Crippen molar-refractivity contribution in [3.05, 3.63) is 64.1 Å². The molecule has 0 unspecified atom stereocenters. The number of carbonyl (C=O) groups is 1. The quantitative estimate of drug-likeness (QED) is 0.750. The van der Waals surface area contributed by atoms with Gasteiger partial charge >= 0.3 is 0 Å². The molecule has 0 saturated heterocycles.